The van der Waals surface area contributed by atoms with E-state index in [1.807, 2.05) is 6.92 Å². The predicted octanol–water partition coefficient (Wildman–Crippen LogP) is 3.37. The number of carboxylic acid groups (broad SMARTS) is 1. The van der Waals surface area contributed by atoms with E-state index in [0.29, 0.717) is 31.6 Å². The van der Waals surface area contributed by atoms with Crippen molar-refractivity contribution in [1.29, 1.82) is 0 Å². The Hall–Kier alpha value is -1.27. The fourth-order valence-electron chi connectivity index (χ4n) is 2.64. The molecule has 1 aromatic carbocycles. The van der Waals surface area contributed by atoms with E-state index in [9.17, 15) is 15.0 Å². The third kappa shape index (κ3) is 3.24. The molecule has 1 aliphatic heterocycles. The van der Waals surface area contributed by atoms with Crippen molar-refractivity contribution in [3.05, 3.63) is 28.2 Å². The lowest BCUT2D eigenvalue weighted by Gasteiger charge is -2.38. The highest BCUT2D eigenvalue weighted by molar-refractivity contribution is 9.10. The molecule has 1 amide bonds. The maximum atomic E-state index is 11.4. The molecular formula is C14H18BrNO4. The number of rotatable bonds is 3. The van der Waals surface area contributed by atoms with Gasteiger partial charge in [0.05, 0.1) is 12.1 Å². The summed E-state index contributed by atoms with van der Waals surface area (Å²) in [6.07, 6.45) is 0.319. The van der Waals surface area contributed by atoms with Crippen LogP contribution in [0.4, 0.5) is 4.79 Å². The predicted molar refractivity (Wildman–Crippen MR) is 77.9 cm³/mol. The first-order valence-electron chi connectivity index (χ1n) is 6.62. The molecule has 0 bridgehead atoms. The summed E-state index contributed by atoms with van der Waals surface area (Å²) in [4.78, 5) is 12.7. The number of carbonyl (C=O) groups is 1. The zero-order valence-electron chi connectivity index (χ0n) is 11.3. The van der Waals surface area contributed by atoms with E-state index in [4.69, 9.17) is 4.74 Å². The molecule has 1 heterocycles. The zero-order valence-corrected chi connectivity index (χ0v) is 12.8. The van der Waals surface area contributed by atoms with Gasteiger partial charge in [-0.15, -0.1) is 0 Å². The van der Waals surface area contributed by atoms with Gasteiger partial charge in [0, 0.05) is 23.2 Å². The van der Waals surface area contributed by atoms with Crippen LogP contribution in [-0.2, 0) is 4.74 Å². The minimum absolute atomic E-state index is 0.0312. The van der Waals surface area contributed by atoms with Crippen LogP contribution in [0.3, 0.4) is 0 Å². The Balaban J connectivity index is 2.28. The Morgan fingerprint density at radius 1 is 1.55 bits per heavy atom. The monoisotopic (exact) mass is 343 g/mol. The van der Waals surface area contributed by atoms with Crippen molar-refractivity contribution in [2.75, 3.05) is 13.2 Å². The standard InChI is InChI=1S/C14H18BrNO4/c1-2-20-10-5-6-16(14(18)19)12(8-10)11-4-3-9(15)7-13(11)17/h3-4,7,10,12,17H,2,5-6,8H2,1H3,(H,18,19)/t10?,12-/m0/s1. The molecule has 0 radical (unpaired) electrons. The van der Waals surface area contributed by atoms with Gasteiger partial charge in [-0.1, -0.05) is 22.0 Å². The molecule has 1 fully saturated rings. The minimum Gasteiger partial charge on any atom is -0.508 e. The molecule has 2 atom stereocenters. The third-order valence-corrected chi connectivity index (χ3v) is 4.05. The van der Waals surface area contributed by atoms with E-state index >= 15 is 0 Å². The minimum atomic E-state index is -0.965. The number of aromatic hydroxyl groups is 1. The van der Waals surface area contributed by atoms with Crippen LogP contribution in [0.15, 0.2) is 22.7 Å². The van der Waals surface area contributed by atoms with Crippen LogP contribution in [0.2, 0.25) is 0 Å². The normalized spacial score (nSPS) is 22.8. The molecule has 2 N–H and O–H groups in total. The Morgan fingerprint density at radius 2 is 2.30 bits per heavy atom. The number of ether oxygens (including phenoxy) is 1. The van der Waals surface area contributed by atoms with E-state index < -0.39 is 6.09 Å². The average molecular weight is 344 g/mol. The van der Waals surface area contributed by atoms with Gasteiger partial charge in [-0.05, 0) is 31.9 Å². The lowest BCUT2D eigenvalue weighted by Crippen LogP contribution is -2.42. The quantitative estimate of drug-likeness (QED) is 0.882. The molecule has 1 aliphatic rings. The lowest BCUT2D eigenvalue weighted by atomic mass is 9.93. The summed E-state index contributed by atoms with van der Waals surface area (Å²) in [6, 6.07) is 4.78. The van der Waals surface area contributed by atoms with Crippen molar-refractivity contribution >= 4 is 22.0 Å². The van der Waals surface area contributed by atoms with Crippen molar-refractivity contribution in [3.63, 3.8) is 0 Å². The summed E-state index contributed by atoms with van der Waals surface area (Å²) in [7, 11) is 0. The Kier molecular flexibility index (Phi) is 4.88. The van der Waals surface area contributed by atoms with Crippen molar-refractivity contribution in [1.82, 2.24) is 4.90 Å². The summed E-state index contributed by atoms with van der Waals surface area (Å²) in [5.74, 6) is 0.104. The number of amides is 1. The molecule has 110 valence electrons. The van der Waals surface area contributed by atoms with Gasteiger partial charge < -0.3 is 19.8 Å². The number of piperidine rings is 1. The van der Waals surface area contributed by atoms with Crippen LogP contribution in [0.25, 0.3) is 0 Å². The fourth-order valence-corrected chi connectivity index (χ4v) is 2.99. The molecule has 0 aromatic heterocycles. The van der Waals surface area contributed by atoms with Crippen molar-refractivity contribution in [2.45, 2.75) is 31.9 Å². The van der Waals surface area contributed by atoms with Crippen LogP contribution in [-0.4, -0.2) is 40.5 Å². The first-order chi connectivity index (χ1) is 9.52. The average Bonchev–Trinajstić information content (AvgIpc) is 2.38. The molecule has 2 rings (SSSR count). The van der Waals surface area contributed by atoms with Gasteiger partial charge >= 0.3 is 6.09 Å². The number of hydrogen-bond donors (Lipinski definition) is 2. The highest BCUT2D eigenvalue weighted by Crippen LogP contribution is 2.37. The van der Waals surface area contributed by atoms with Crippen LogP contribution >= 0.6 is 15.9 Å². The Bertz CT molecular complexity index is 494. The van der Waals surface area contributed by atoms with Gasteiger partial charge in [0.15, 0.2) is 0 Å². The van der Waals surface area contributed by atoms with Gasteiger partial charge in [0.2, 0.25) is 0 Å². The molecule has 0 saturated carbocycles. The van der Waals surface area contributed by atoms with Crippen molar-refractivity contribution in [2.24, 2.45) is 0 Å². The molecular weight excluding hydrogens is 326 g/mol. The summed E-state index contributed by atoms with van der Waals surface area (Å²) >= 11 is 3.29. The summed E-state index contributed by atoms with van der Waals surface area (Å²) in [5, 5.41) is 19.4. The summed E-state index contributed by atoms with van der Waals surface area (Å²) < 4.78 is 6.38. The second-order valence-corrected chi connectivity index (χ2v) is 5.71. The van der Waals surface area contributed by atoms with Crippen molar-refractivity contribution in [3.8, 4) is 5.75 Å². The van der Waals surface area contributed by atoms with Gasteiger partial charge in [0.25, 0.3) is 0 Å². The first-order valence-corrected chi connectivity index (χ1v) is 7.41. The molecule has 0 aliphatic carbocycles. The maximum Gasteiger partial charge on any atom is 0.407 e. The van der Waals surface area contributed by atoms with Gasteiger partial charge in [-0.3, -0.25) is 0 Å². The maximum absolute atomic E-state index is 11.4. The van der Waals surface area contributed by atoms with Crippen molar-refractivity contribution < 1.29 is 19.7 Å². The van der Waals surface area contributed by atoms with E-state index in [1.165, 1.54) is 4.90 Å². The highest BCUT2D eigenvalue weighted by Gasteiger charge is 2.34. The first kappa shape index (κ1) is 15.1. The molecule has 0 spiro atoms. The SMILES string of the molecule is CCOC1CCN(C(=O)O)[C@H](c2ccc(Br)cc2O)C1. The number of benzene rings is 1. The number of nitrogens with zero attached hydrogens (tertiary/aromatic N) is 1. The summed E-state index contributed by atoms with van der Waals surface area (Å²) in [6.45, 7) is 2.95. The Morgan fingerprint density at radius 3 is 2.90 bits per heavy atom. The third-order valence-electron chi connectivity index (χ3n) is 3.55. The molecule has 20 heavy (non-hydrogen) atoms. The van der Waals surface area contributed by atoms with E-state index in [1.54, 1.807) is 18.2 Å². The fraction of sp³-hybridized carbons (Fsp3) is 0.500. The molecule has 1 saturated heterocycles. The van der Waals surface area contributed by atoms with E-state index in [2.05, 4.69) is 15.9 Å². The topological polar surface area (TPSA) is 70.0 Å². The van der Waals surface area contributed by atoms with Gasteiger partial charge in [-0.25, -0.2) is 4.79 Å². The molecule has 6 heteroatoms. The smallest absolute Gasteiger partial charge is 0.407 e. The zero-order chi connectivity index (χ0) is 14.7. The number of phenolic OH excluding ortho intramolecular Hbond substituents is 1. The van der Waals surface area contributed by atoms with E-state index in [-0.39, 0.29) is 17.9 Å². The van der Waals surface area contributed by atoms with Crippen LogP contribution < -0.4 is 0 Å². The number of hydrogen-bond acceptors (Lipinski definition) is 3. The van der Waals surface area contributed by atoms with Crippen LogP contribution in [0.5, 0.6) is 5.75 Å². The number of phenols is 1. The molecule has 1 unspecified atom stereocenters. The Labute approximate surface area is 126 Å². The van der Waals surface area contributed by atoms with Gasteiger partial charge in [0.1, 0.15) is 5.75 Å². The van der Waals surface area contributed by atoms with Crippen LogP contribution in [0, 0.1) is 0 Å². The van der Waals surface area contributed by atoms with Gasteiger partial charge in [-0.2, -0.15) is 0 Å². The number of likely N-dealkylation sites (tertiary alicyclic amines) is 1. The summed E-state index contributed by atoms with van der Waals surface area (Å²) in [5.41, 5.74) is 0.625. The molecule has 1 aromatic rings. The molecule has 5 nitrogen and oxygen atoms in total. The largest absolute Gasteiger partial charge is 0.508 e. The van der Waals surface area contributed by atoms with Crippen LogP contribution in [0.1, 0.15) is 31.4 Å². The second kappa shape index (κ2) is 6.45. The number of halogens is 1. The van der Waals surface area contributed by atoms with E-state index in [0.717, 1.165) is 4.47 Å². The highest BCUT2D eigenvalue weighted by atomic mass is 79.9. The lowest BCUT2D eigenvalue weighted by molar-refractivity contribution is -0.00630. The second-order valence-electron chi connectivity index (χ2n) is 4.80.